The third-order valence-electron chi connectivity index (χ3n) is 6.04. The first-order chi connectivity index (χ1) is 15.1. The lowest BCUT2D eigenvalue weighted by Crippen LogP contribution is -2.23. The predicted molar refractivity (Wildman–Crippen MR) is 115 cm³/mol. The standard InChI is InChI=1S/C25H23NO5/c1-28-21-8-4-6-18(24(21)29-2)19-7-3-5-17(26-19)14-23(27)25(11-12-25)16-9-10-20-22(13-16)31-15-30-20/h3-10,13H,11-12,14-15H2,1-2H3. The van der Waals surface area contributed by atoms with Gasteiger partial charge >= 0.3 is 0 Å². The van der Waals surface area contributed by atoms with E-state index in [1.165, 1.54) is 0 Å². The summed E-state index contributed by atoms with van der Waals surface area (Å²) in [7, 11) is 3.21. The van der Waals surface area contributed by atoms with Crippen molar-refractivity contribution in [2.75, 3.05) is 21.0 Å². The first-order valence-electron chi connectivity index (χ1n) is 10.3. The van der Waals surface area contributed by atoms with Crippen LogP contribution in [0.3, 0.4) is 0 Å². The largest absolute Gasteiger partial charge is 0.493 e. The Balaban J connectivity index is 1.41. The van der Waals surface area contributed by atoms with Crippen LogP contribution in [0.15, 0.2) is 54.6 Å². The fourth-order valence-corrected chi connectivity index (χ4v) is 4.20. The van der Waals surface area contributed by atoms with Gasteiger partial charge in [0.1, 0.15) is 5.78 Å². The molecule has 1 aromatic heterocycles. The Kier molecular flexibility index (Phi) is 4.77. The van der Waals surface area contributed by atoms with Crippen molar-refractivity contribution in [2.24, 2.45) is 0 Å². The highest BCUT2D eigenvalue weighted by Gasteiger charge is 2.51. The molecule has 6 heteroatoms. The number of fused-ring (bicyclic) bond motifs is 1. The van der Waals surface area contributed by atoms with Gasteiger partial charge in [0.25, 0.3) is 0 Å². The number of hydrogen-bond acceptors (Lipinski definition) is 6. The number of para-hydroxylation sites is 1. The maximum Gasteiger partial charge on any atom is 0.231 e. The zero-order chi connectivity index (χ0) is 21.4. The van der Waals surface area contributed by atoms with Crippen LogP contribution in [0, 0.1) is 0 Å². The minimum Gasteiger partial charge on any atom is -0.493 e. The maximum atomic E-state index is 13.3. The molecule has 2 heterocycles. The van der Waals surface area contributed by atoms with Crippen LogP contribution in [0.5, 0.6) is 23.0 Å². The van der Waals surface area contributed by atoms with Crippen molar-refractivity contribution in [3.63, 3.8) is 0 Å². The highest BCUT2D eigenvalue weighted by atomic mass is 16.7. The van der Waals surface area contributed by atoms with E-state index in [-0.39, 0.29) is 19.0 Å². The molecule has 0 atom stereocenters. The Morgan fingerprint density at radius 1 is 1.00 bits per heavy atom. The quantitative estimate of drug-likeness (QED) is 0.570. The number of aromatic nitrogens is 1. The Labute approximate surface area is 180 Å². The highest BCUT2D eigenvalue weighted by Crippen LogP contribution is 2.51. The third-order valence-corrected chi connectivity index (χ3v) is 6.04. The number of hydrogen-bond donors (Lipinski definition) is 0. The number of benzene rings is 2. The fourth-order valence-electron chi connectivity index (χ4n) is 4.20. The van der Waals surface area contributed by atoms with Crippen LogP contribution in [0.1, 0.15) is 24.1 Å². The number of carbonyl (C=O) groups excluding carboxylic acids is 1. The molecule has 1 aliphatic heterocycles. The summed E-state index contributed by atoms with van der Waals surface area (Å²) < 4.78 is 21.8. The maximum absolute atomic E-state index is 13.3. The van der Waals surface area contributed by atoms with Crippen molar-refractivity contribution in [2.45, 2.75) is 24.7 Å². The van der Waals surface area contributed by atoms with Crippen molar-refractivity contribution in [1.29, 1.82) is 0 Å². The molecule has 1 aliphatic carbocycles. The molecule has 6 nitrogen and oxygen atoms in total. The monoisotopic (exact) mass is 417 g/mol. The molecule has 0 spiro atoms. The second kappa shape index (κ2) is 7.61. The Bertz CT molecular complexity index is 1150. The summed E-state index contributed by atoms with van der Waals surface area (Å²) in [6, 6.07) is 17.2. The molecule has 0 unspecified atom stereocenters. The van der Waals surface area contributed by atoms with Gasteiger partial charge in [-0.25, -0.2) is 0 Å². The minimum absolute atomic E-state index is 0.175. The molecular weight excluding hydrogens is 394 g/mol. The molecule has 158 valence electrons. The number of ether oxygens (including phenoxy) is 4. The molecule has 0 N–H and O–H groups in total. The van der Waals surface area contributed by atoms with Crippen LogP contribution >= 0.6 is 0 Å². The van der Waals surface area contributed by atoms with Gasteiger partial charge in [-0.15, -0.1) is 0 Å². The Morgan fingerprint density at radius 3 is 2.58 bits per heavy atom. The van der Waals surface area contributed by atoms with E-state index in [1.807, 2.05) is 54.6 Å². The van der Waals surface area contributed by atoms with Crippen LogP contribution in [0.4, 0.5) is 0 Å². The summed E-state index contributed by atoms with van der Waals surface area (Å²) in [5.41, 5.74) is 2.85. The van der Waals surface area contributed by atoms with Crippen molar-refractivity contribution in [1.82, 2.24) is 4.98 Å². The van der Waals surface area contributed by atoms with E-state index < -0.39 is 5.41 Å². The van der Waals surface area contributed by atoms with E-state index in [2.05, 4.69) is 0 Å². The molecule has 3 aromatic rings. The van der Waals surface area contributed by atoms with Crippen molar-refractivity contribution >= 4 is 5.78 Å². The molecule has 31 heavy (non-hydrogen) atoms. The van der Waals surface area contributed by atoms with Crippen molar-refractivity contribution in [3.05, 3.63) is 65.9 Å². The SMILES string of the molecule is COc1cccc(-c2cccc(CC(=O)C3(c4ccc5c(c4)OCO5)CC3)n2)c1OC. The summed E-state index contributed by atoms with van der Waals surface area (Å²) in [6.07, 6.45) is 1.96. The van der Waals surface area contributed by atoms with Gasteiger partial charge in [0, 0.05) is 17.7 Å². The lowest BCUT2D eigenvalue weighted by Gasteiger charge is -2.16. The third kappa shape index (κ3) is 3.38. The summed E-state index contributed by atoms with van der Waals surface area (Å²) in [6.45, 7) is 0.226. The fraction of sp³-hybridized carbons (Fsp3) is 0.280. The number of rotatable bonds is 7. The van der Waals surface area contributed by atoms with Crippen molar-refractivity contribution in [3.8, 4) is 34.3 Å². The van der Waals surface area contributed by atoms with E-state index in [4.69, 9.17) is 23.9 Å². The first kappa shape index (κ1) is 19.4. The van der Waals surface area contributed by atoms with E-state index in [9.17, 15) is 4.79 Å². The number of carbonyl (C=O) groups is 1. The van der Waals surface area contributed by atoms with Gasteiger partial charge in [-0.2, -0.15) is 0 Å². The van der Waals surface area contributed by atoms with Gasteiger partial charge in [-0.05, 0) is 54.8 Å². The lowest BCUT2D eigenvalue weighted by molar-refractivity contribution is -0.120. The smallest absolute Gasteiger partial charge is 0.231 e. The molecule has 0 amide bonds. The molecule has 1 fully saturated rings. The van der Waals surface area contributed by atoms with E-state index in [1.54, 1.807) is 14.2 Å². The normalized spacial score (nSPS) is 15.4. The van der Waals surface area contributed by atoms with Gasteiger partial charge < -0.3 is 18.9 Å². The summed E-state index contributed by atoms with van der Waals surface area (Å²) >= 11 is 0. The number of pyridine rings is 1. The van der Waals surface area contributed by atoms with Gasteiger partial charge in [0.2, 0.25) is 6.79 Å². The summed E-state index contributed by atoms with van der Waals surface area (Å²) in [4.78, 5) is 18.1. The predicted octanol–water partition coefficient (Wildman–Crippen LogP) is 4.34. The first-order valence-corrected chi connectivity index (χ1v) is 10.3. The topological polar surface area (TPSA) is 66.9 Å². The van der Waals surface area contributed by atoms with Crippen LogP contribution in [0.2, 0.25) is 0 Å². The second-order valence-electron chi connectivity index (χ2n) is 7.81. The molecule has 0 saturated heterocycles. The Morgan fingerprint density at radius 2 is 1.81 bits per heavy atom. The second-order valence-corrected chi connectivity index (χ2v) is 7.81. The Hall–Kier alpha value is -3.54. The summed E-state index contributed by atoms with van der Waals surface area (Å²) in [5, 5.41) is 0. The van der Waals surface area contributed by atoms with Crippen LogP contribution < -0.4 is 18.9 Å². The lowest BCUT2D eigenvalue weighted by atomic mass is 9.88. The average Bonchev–Trinajstić information content (AvgIpc) is 3.49. The number of nitrogens with zero attached hydrogens (tertiary/aromatic N) is 1. The average molecular weight is 417 g/mol. The van der Waals surface area contributed by atoms with E-state index >= 15 is 0 Å². The van der Waals surface area contributed by atoms with E-state index in [0.717, 1.165) is 41.1 Å². The molecule has 1 saturated carbocycles. The van der Waals surface area contributed by atoms with Gasteiger partial charge in [-0.1, -0.05) is 18.2 Å². The molecule has 0 bridgehead atoms. The molecule has 2 aromatic carbocycles. The van der Waals surface area contributed by atoms with Crippen molar-refractivity contribution < 1.29 is 23.7 Å². The van der Waals surface area contributed by atoms with Crippen LogP contribution in [-0.4, -0.2) is 31.8 Å². The van der Waals surface area contributed by atoms with E-state index in [0.29, 0.717) is 17.2 Å². The zero-order valence-electron chi connectivity index (χ0n) is 17.5. The molecule has 5 rings (SSSR count). The zero-order valence-corrected chi connectivity index (χ0v) is 17.5. The number of methoxy groups -OCH3 is 2. The molecular formula is C25H23NO5. The van der Waals surface area contributed by atoms with Gasteiger partial charge in [-0.3, -0.25) is 9.78 Å². The van der Waals surface area contributed by atoms with Crippen LogP contribution in [0.25, 0.3) is 11.3 Å². The number of ketones is 1. The molecule has 0 radical (unpaired) electrons. The van der Waals surface area contributed by atoms with Crippen LogP contribution in [-0.2, 0) is 16.6 Å². The summed E-state index contributed by atoms with van der Waals surface area (Å²) in [5.74, 6) is 2.88. The highest BCUT2D eigenvalue weighted by molar-refractivity contribution is 5.94. The minimum atomic E-state index is -0.452. The molecule has 2 aliphatic rings. The van der Waals surface area contributed by atoms with Gasteiger partial charge in [0.15, 0.2) is 23.0 Å². The number of Topliss-reactive ketones (excluding diaryl/α,β-unsaturated/α-hetero) is 1. The van der Waals surface area contributed by atoms with Gasteiger partial charge in [0.05, 0.1) is 25.3 Å².